The van der Waals surface area contributed by atoms with E-state index in [1.807, 2.05) is 0 Å². The molecule has 106 valence electrons. The summed E-state index contributed by atoms with van der Waals surface area (Å²) in [5.41, 5.74) is 2.70. The maximum Gasteiger partial charge on any atom is 0.0859 e. The molecule has 0 bridgehead atoms. The van der Waals surface area contributed by atoms with Gasteiger partial charge in [0.1, 0.15) is 0 Å². The summed E-state index contributed by atoms with van der Waals surface area (Å²) in [6.07, 6.45) is 6.46. The van der Waals surface area contributed by atoms with Crippen LogP contribution in [0.1, 0.15) is 64.4 Å². The molecule has 0 saturated heterocycles. The summed E-state index contributed by atoms with van der Waals surface area (Å²) in [6, 6.07) is 0.442. The summed E-state index contributed by atoms with van der Waals surface area (Å²) < 4.78 is 2.15. The molecule has 3 atom stereocenters. The first-order valence-electron chi connectivity index (χ1n) is 8.00. The van der Waals surface area contributed by atoms with Gasteiger partial charge in [0.05, 0.1) is 11.4 Å². The lowest BCUT2D eigenvalue weighted by Crippen LogP contribution is -2.10. The number of nitrogens with zero attached hydrogens (tertiary/aromatic N) is 3. The Bertz CT molecular complexity index is 447. The molecule has 1 fully saturated rings. The Hall–Kier alpha value is -0.860. The lowest BCUT2D eigenvalue weighted by Gasteiger charge is -2.12. The van der Waals surface area contributed by atoms with Gasteiger partial charge in [0.15, 0.2) is 0 Å². The van der Waals surface area contributed by atoms with Gasteiger partial charge in [0.25, 0.3) is 0 Å². The first-order valence-corrected chi connectivity index (χ1v) is 8.00. The molecule has 0 amide bonds. The van der Waals surface area contributed by atoms with Gasteiger partial charge in [-0.05, 0) is 69.6 Å². The van der Waals surface area contributed by atoms with E-state index in [4.69, 9.17) is 0 Å². The van der Waals surface area contributed by atoms with Crippen LogP contribution in [0.2, 0.25) is 0 Å². The van der Waals surface area contributed by atoms with Crippen LogP contribution in [0.25, 0.3) is 0 Å². The second kappa shape index (κ2) is 4.92. The Labute approximate surface area is 116 Å². The van der Waals surface area contributed by atoms with Gasteiger partial charge in [-0.3, -0.25) is 0 Å². The lowest BCUT2D eigenvalue weighted by molar-refractivity contribution is 0.475. The van der Waals surface area contributed by atoms with Gasteiger partial charge in [0.2, 0.25) is 0 Å². The van der Waals surface area contributed by atoms with Gasteiger partial charge < -0.3 is 0 Å². The predicted octanol–water partition coefficient (Wildman–Crippen LogP) is 3.65. The maximum atomic E-state index is 4.43. The minimum Gasteiger partial charge on any atom is -0.247 e. The molecule has 1 saturated carbocycles. The third-order valence-corrected chi connectivity index (χ3v) is 5.04. The highest BCUT2D eigenvalue weighted by Crippen LogP contribution is 2.55. The third-order valence-electron chi connectivity index (χ3n) is 5.04. The van der Waals surface area contributed by atoms with Crippen LogP contribution in [0.5, 0.6) is 0 Å². The highest BCUT2D eigenvalue weighted by molar-refractivity contribution is 5.15. The molecule has 1 heterocycles. The van der Waals surface area contributed by atoms with Crippen LogP contribution in [0, 0.1) is 23.7 Å². The fourth-order valence-corrected chi connectivity index (χ4v) is 4.10. The second-order valence-electron chi connectivity index (χ2n) is 7.22. The van der Waals surface area contributed by atoms with E-state index in [2.05, 4.69) is 42.7 Å². The molecule has 0 aromatic carbocycles. The molecule has 3 nitrogen and oxygen atoms in total. The topological polar surface area (TPSA) is 30.7 Å². The molecule has 3 rings (SSSR count). The number of fused-ring (bicyclic) bond motifs is 2. The van der Waals surface area contributed by atoms with Crippen molar-refractivity contribution in [3.8, 4) is 0 Å². The van der Waals surface area contributed by atoms with Crippen molar-refractivity contribution in [2.45, 2.75) is 65.8 Å². The van der Waals surface area contributed by atoms with Gasteiger partial charge in [0, 0.05) is 6.04 Å². The first kappa shape index (κ1) is 13.1. The molecule has 2 aliphatic carbocycles. The minimum absolute atomic E-state index is 0.442. The van der Waals surface area contributed by atoms with E-state index in [1.165, 1.54) is 37.1 Å². The molecule has 2 aliphatic rings. The largest absolute Gasteiger partial charge is 0.247 e. The average Bonchev–Trinajstić information content (AvgIpc) is 2.78. The van der Waals surface area contributed by atoms with Crippen molar-refractivity contribution in [2.75, 3.05) is 0 Å². The van der Waals surface area contributed by atoms with E-state index >= 15 is 0 Å². The van der Waals surface area contributed by atoms with E-state index in [0.717, 1.165) is 30.1 Å². The summed E-state index contributed by atoms with van der Waals surface area (Å²) in [7, 11) is 0. The Kier molecular flexibility index (Phi) is 3.40. The zero-order chi connectivity index (χ0) is 13.6. The molecular formula is C16H27N3. The van der Waals surface area contributed by atoms with Gasteiger partial charge >= 0.3 is 0 Å². The second-order valence-corrected chi connectivity index (χ2v) is 7.22. The molecule has 3 unspecified atom stereocenters. The summed E-state index contributed by atoms with van der Waals surface area (Å²) in [5, 5.41) is 8.79. The van der Waals surface area contributed by atoms with Crippen molar-refractivity contribution in [3.63, 3.8) is 0 Å². The predicted molar refractivity (Wildman–Crippen MR) is 77.0 cm³/mol. The van der Waals surface area contributed by atoms with Crippen LogP contribution in [0.3, 0.4) is 0 Å². The smallest absolute Gasteiger partial charge is 0.0859 e. The number of hydrogen-bond acceptors (Lipinski definition) is 2. The van der Waals surface area contributed by atoms with E-state index in [-0.39, 0.29) is 0 Å². The molecule has 0 spiro atoms. The van der Waals surface area contributed by atoms with Crippen LogP contribution < -0.4 is 0 Å². The quantitative estimate of drug-likeness (QED) is 0.831. The molecule has 3 heteroatoms. The van der Waals surface area contributed by atoms with E-state index < -0.39 is 0 Å². The minimum atomic E-state index is 0.442. The van der Waals surface area contributed by atoms with E-state index in [0.29, 0.717) is 6.04 Å². The maximum absolute atomic E-state index is 4.43. The molecule has 19 heavy (non-hydrogen) atoms. The van der Waals surface area contributed by atoms with Crippen molar-refractivity contribution in [2.24, 2.45) is 23.7 Å². The lowest BCUT2D eigenvalue weighted by atomic mass is 10.0. The van der Waals surface area contributed by atoms with Crippen LogP contribution in [0.15, 0.2) is 0 Å². The zero-order valence-electron chi connectivity index (χ0n) is 12.8. The van der Waals surface area contributed by atoms with Gasteiger partial charge in [-0.1, -0.05) is 19.1 Å². The molecular weight excluding hydrogens is 234 g/mol. The standard InChI is InChI=1S/C16H27N3/c1-10(2)9-14-12-5-7-15-16(8-6-13(12)14)19(11(3)4)18-17-15/h10-14H,5-9H2,1-4H3. The number of aryl methyl sites for hydroxylation is 1. The van der Waals surface area contributed by atoms with Crippen LogP contribution >= 0.6 is 0 Å². The third kappa shape index (κ3) is 2.44. The fourth-order valence-electron chi connectivity index (χ4n) is 4.10. The molecule has 0 aliphatic heterocycles. The Morgan fingerprint density at radius 1 is 1.11 bits per heavy atom. The Morgan fingerprint density at radius 2 is 1.79 bits per heavy atom. The summed E-state index contributed by atoms with van der Waals surface area (Å²) in [5.74, 6) is 3.83. The van der Waals surface area contributed by atoms with Gasteiger partial charge in [-0.25, -0.2) is 4.68 Å². The molecule has 1 aromatic heterocycles. The monoisotopic (exact) mass is 261 g/mol. The van der Waals surface area contributed by atoms with Crippen LogP contribution in [-0.4, -0.2) is 15.0 Å². The SMILES string of the molecule is CC(C)CC1C2CCc3nnn(C(C)C)c3CCC21. The van der Waals surface area contributed by atoms with Gasteiger partial charge in [-0.15, -0.1) is 5.10 Å². The number of aromatic nitrogens is 3. The van der Waals surface area contributed by atoms with Crippen LogP contribution in [0.4, 0.5) is 0 Å². The van der Waals surface area contributed by atoms with Crippen molar-refractivity contribution in [1.29, 1.82) is 0 Å². The Morgan fingerprint density at radius 3 is 2.42 bits per heavy atom. The van der Waals surface area contributed by atoms with Gasteiger partial charge in [-0.2, -0.15) is 0 Å². The zero-order valence-corrected chi connectivity index (χ0v) is 12.8. The summed E-state index contributed by atoms with van der Waals surface area (Å²) >= 11 is 0. The fraction of sp³-hybridized carbons (Fsp3) is 0.875. The normalized spacial score (nSPS) is 29.9. The number of rotatable bonds is 3. The van der Waals surface area contributed by atoms with E-state index in [1.54, 1.807) is 0 Å². The van der Waals surface area contributed by atoms with Crippen molar-refractivity contribution in [1.82, 2.24) is 15.0 Å². The van der Waals surface area contributed by atoms with Crippen molar-refractivity contribution in [3.05, 3.63) is 11.4 Å². The number of hydrogen-bond donors (Lipinski definition) is 0. The van der Waals surface area contributed by atoms with Crippen LogP contribution in [-0.2, 0) is 12.8 Å². The van der Waals surface area contributed by atoms with Crippen molar-refractivity contribution >= 4 is 0 Å². The van der Waals surface area contributed by atoms with Crippen molar-refractivity contribution < 1.29 is 0 Å². The molecule has 0 radical (unpaired) electrons. The first-order chi connectivity index (χ1) is 9.08. The molecule has 1 aromatic rings. The Balaban J connectivity index is 1.72. The summed E-state index contributed by atoms with van der Waals surface area (Å²) in [4.78, 5) is 0. The van der Waals surface area contributed by atoms with E-state index in [9.17, 15) is 0 Å². The highest BCUT2D eigenvalue weighted by Gasteiger charge is 2.49. The highest BCUT2D eigenvalue weighted by atomic mass is 15.4. The summed E-state index contributed by atoms with van der Waals surface area (Å²) in [6.45, 7) is 9.13. The molecule has 0 N–H and O–H groups in total. The average molecular weight is 261 g/mol.